The van der Waals surface area contributed by atoms with Gasteiger partial charge in [0.1, 0.15) is 17.3 Å². The average Bonchev–Trinajstić information content (AvgIpc) is 3.18. The van der Waals surface area contributed by atoms with Crippen LogP contribution in [0.4, 0.5) is 11.5 Å². The molecule has 2 N–H and O–H groups in total. The minimum atomic E-state index is -0.912. The first-order valence-electron chi connectivity index (χ1n) is 10.6. The van der Waals surface area contributed by atoms with E-state index in [0.29, 0.717) is 17.5 Å². The fourth-order valence-corrected chi connectivity index (χ4v) is 4.15. The number of anilines is 2. The van der Waals surface area contributed by atoms with Crippen LogP contribution in [0.5, 0.6) is 10.8 Å². The normalized spacial score (nSPS) is 11.6. The van der Waals surface area contributed by atoms with Crippen molar-refractivity contribution >= 4 is 22.8 Å². The van der Waals surface area contributed by atoms with Crippen molar-refractivity contribution in [1.29, 1.82) is 0 Å². The Labute approximate surface area is 192 Å². The Bertz CT molecular complexity index is 1200. The van der Waals surface area contributed by atoms with Gasteiger partial charge in [-0.05, 0) is 37.6 Å². The smallest absolute Gasteiger partial charge is 0.208 e. The number of thiazole rings is 1. The summed E-state index contributed by atoms with van der Waals surface area (Å²) in [6.45, 7) is 7.80. The quantitative estimate of drug-likeness (QED) is 0.318. The van der Waals surface area contributed by atoms with Gasteiger partial charge in [0.2, 0.25) is 5.06 Å². The van der Waals surface area contributed by atoms with Gasteiger partial charge >= 0.3 is 0 Å². The van der Waals surface area contributed by atoms with Gasteiger partial charge in [0, 0.05) is 29.4 Å². The van der Waals surface area contributed by atoms with E-state index in [1.807, 2.05) is 66.7 Å². The van der Waals surface area contributed by atoms with Gasteiger partial charge in [0.25, 0.3) is 0 Å². The standard InChI is InChI=1S/C26H27N3O2S/c1-17(2)24-29-23(18-9-6-5-7-10-18)25(32-24)31-21-13-14-27-22(16-21)28-20-12-8-11-19(15-20)26(3,4)30/h5-17,30H,1-4H3,(H,27,28). The maximum Gasteiger partial charge on any atom is 0.208 e. The van der Waals surface area contributed by atoms with Crippen LogP contribution in [0.3, 0.4) is 0 Å². The molecule has 5 nitrogen and oxygen atoms in total. The zero-order valence-electron chi connectivity index (χ0n) is 18.7. The van der Waals surface area contributed by atoms with Crippen molar-refractivity contribution in [1.82, 2.24) is 9.97 Å². The molecule has 0 atom stereocenters. The van der Waals surface area contributed by atoms with Gasteiger partial charge in [-0.15, -0.1) is 0 Å². The van der Waals surface area contributed by atoms with Crippen LogP contribution < -0.4 is 10.1 Å². The molecule has 0 aliphatic heterocycles. The van der Waals surface area contributed by atoms with Gasteiger partial charge in [-0.1, -0.05) is 67.6 Å². The van der Waals surface area contributed by atoms with E-state index in [-0.39, 0.29) is 0 Å². The van der Waals surface area contributed by atoms with Crippen LogP contribution in [0.2, 0.25) is 0 Å². The van der Waals surface area contributed by atoms with Crippen LogP contribution in [-0.2, 0) is 5.60 Å². The number of nitrogens with zero attached hydrogens (tertiary/aromatic N) is 2. The first kappa shape index (κ1) is 22.0. The molecule has 164 valence electrons. The Morgan fingerprint density at radius 2 is 1.78 bits per heavy atom. The highest BCUT2D eigenvalue weighted by atomic mass is 32.1. The average molecular weight is 446 g/mol. The van der Waals surface area contributed by atoms with Crippen molar-refractivity contribution in [2.45, 2.75) is 39.2 Å². The molecule has 0 saturated heterocycles. The Kier molecular flexibility index (Phi) is 6.26. The Morgan fingerprint density at radius 1 is 1.00 bits per heavy atom. The lowest BCUT2D eigenvalue weighted by molar-refractivity contribution is 0.0786. The topological polar surface area (TPSA) is 67.3 Å². The number of ether oxygens (including phenoxy) is 1. The van der Waals surface area contributed by atoms with Crippen molar-refractivity contribution in [3.63, 3.8) is 0 Å². The summed E-state index contributed by atoms with van der Waals surface area (Å²) in [6.07, 6.45) is 1.71. The van der Waals surface area contributed by atoms with Crippen molar-refractivity contribution in [3.05, 3.63) is 83.5 Å². The van der Waals surface area contributed by atoms with Crippen LogP contribution in [0.25, 0.3) is 11.3 Å². The number of aliphatic hydroxyl groups is 1. The molecule has 4 rings (SSSR count). The van der Waals surface area contributed by atoms with E-state index in [1.165, 1.54) is 0 Å². The highest BCUT2D eigenvalue weighted by molar-refractivity contribution is 7.14. The molecule has 2 aromatic carbocycles. The number of pyridine rings is 1. The van der Waals surface area contributed by atoms with Crippen LogP contribution in [-0.4, -0.2) is 15.1 Å². The SMILES string of the molecule is CC(C)c1nc(-c2ccccc2)c(Oc2ccnc(Nc3cccc(C(C)(C)O)c3)c2)s1. The van der Waals surface area contributed by atoms with Gasteiger partial charge in [-0.2, -0.15) is 0 Å². The number of benzene rings is 2. The summed E-state index contributed by atoms with van der Waals surface area (Å²) in [7, 11) is 0. The maximum absolute atomic E-state index is 10.3. The van der Waals surface area contributed by atoms with E-state index in [9.17, 15) is 5.11 Å². The second kappa shape index (κ2) is 9.10. The molecule has 0 saturated carbocycles. The summed E-state index contributed by atoms with van der Waals surface area (Å²) in [5.41, 5.74) is 2.64. The lowest BCUT2D eigenvalue weighted by Gasteiger charge is -2.18. The molecule has 4 aromatic rings. The van der Waals surface area contributed by atoms with Crippen LogP contribution in [0, 0.1) is 0 Å². The summed E-state index contributed by atoms with van der Waals surface area (Å²) in [5.74, 6) is 1.65. The van der Waals surface area contributed by atoms with Gasteiger partial charge < -0.3 is 15.2 Å². The van der Waals surface area contributed by atoms with Crippen LogP contribution in [0.1, 0.15) is 44.2 Å². The number of nitrogens with one attached hydrogen (secondary N) is 1. The molecule has 0 amide bonds. The van der Waals surface area contributed by atoms with Gasteiger partial charge in [-0.25, -0.2) is 9.97 Å². The minimum Gasteiger partial charge on any atom is -0.444 e. The summed E-state index contributed by atoms with van der Waals surface area (Å²) in [4.78, 5) is 9.25. The lowest BCUT2D eigenvalue weighted by Crippen LogP contribution is -2.15. The summed E-state index contributed by atoms with van der Waals surface area (Å²) in [5, 5.41) is 15.4. The molecule has 0 radical (unpaired) electrons. The summed E-state index contributed by atoms with van der Waals surface area (Å²) >= 11 is 1.57. The molecule has 0 fully saturated rings. The van der Waals surface area contributed by atoms with E-state index in [2.05, 4.69) is 24.1 Å². The molecular weight excluding hydrogens is 418 g/mol. The van der Waals surface area contributed by atoms with E-state index in [1.54, 1.807) is 31.4 Å². The fraction of sp³-hybridized carbons (Fsp3) is 0.231. The predicted octanol–water partition coefficient (Wildman–Crippen LogP) is 7.09. The highest BCUT2D eigenvalue weighted by Gasteiger charge is 2.18. The Hall–Kier alpha value is -3.22. The molecular formula is C26H27N3O2S. The highest BCUT2D eigenvalue weighted by Crippen LogP contribution is 2.40. The van der Waals surface area contributed by atoms with Gasteiger partial charge in [-0.3, -0.25) is 0 Å². The van der Waals surface area contributed by atoms with Crippen molar-refractivity contribution in [2.24, 2.45) is 0 Å². The maximum atomic E-state index is 10.3. The second-order valence-corrected chi connectivity index (χ2v) is 9.45. The monoisotopic (exact) mass is 445 g/mol. The molecule has 0 spiro atoms. The first-order chi connectivity index (χ1) is 15.3. The molecule has 2 aromatic heterocycles. The third kappa shape index (κ3) is 5.15. The Balaban J connectivity index is 1.60. The number of hydrogen-bond acceptors (Lipinski definition) is 6. The third-order valence-corrected chi connectivity index (χ3v) is 6.17. The Morgan fingerprint density at radius 3 is 2.50 bits per heavy atom. The number of hydrogen-bond donors (Lipinski definition) is 2. The minimum absolute atomic E-state index is 0.317. The first-order valence-corrected chi connectivity index (χ1v) is 11.4. The van der Waals surface area contributed by atoms with E-state index < -0.39 is 5.60 Å². The molecule has 0 aliphatic carbocycles. The summed E-state index contributed by atoms with van der Waals surface area (Å²) < 4.78 is 6.29. The fourth-order valence-electron chi connectivity index (χ4n) is 3.19. The van der Waals surface area contributed by atoms with Gasteiger partial charge in [0.15, 0.2) is 0 Å². The van der Waals surface area contributed by atoms with E-state index >= 15 is 0 Å². The summed E-state index contributed by atoms with van der Waals surface area (Å²) in [6, 6.07) is 21.5. The molecule has 2 heterocycles. The van der Waals surface area contributed by atoms with Crippen LogP contribution >= 0.6 is 11.3 Å². The molecule has 0 bridgehead atoms. The van der Waals surface area contributed by atoms with Gasteiger partial charge in [0.05, 0.1) is 10.6 Å². The van der Waals surface area contributed by atoms with E-state index in [0.717, 1.165) is 32.6 Å². The third-order valence-electron chi connectivity index (χ3n) is 4.94. The zero-order valence-corrected chi connectivity index (χ0v) is 19.5. The van der Waals surface area contributed by atoms with Crippen molar-refractivity contribution in [3.8, 4) is 22.1 Å². The zero-order chi connectivity index (χ0) is 22.7. The van der Waals surface area contributed by atoms with E-state index in [4.69, 9.17) is 9.72 Å². The van der Waals surface area contributed by atoms with Crippen molar-refractivity contribution < 1.29 is 9.84 Å². The number of rotatable bonds is 7. The molecule has 6 heteroatoms. The van der Waals surface area contributed by atoms with Crippen LogP contribution in [0.15, 0.2) is 72.9 Å². The number of aromatic nitrogens is 2. The molecule has 0 aliphatic rings. The predicted molar refractivity (Wildman–Crippen MR) is 131 cm³/mol. The second-order valence-electron chi connectivity index (χ2n) is 8.45. The molecule has 0 unspecified atom stereocenters. The van der Waals surface area contributed by atoms with Crippen molar-refractivity contribution in [2.75, 3.05) is 5.32 Å². The molecule has 32 heavy (non-hydrogen) atoms. The lowest BCUT2D eigenvalue weighted by atomic mass is 9.98. The largest absolute Gasteiger partial charge is 0.444 e.